The molecule has 5 heteroatoms. The molecule has 0 radical (unpaired) electrons. The van der Waals surface area contributed by atoms with E-state index in [1.807, 2.05) is 73.7 Å². The van der Waals surface area contributed by atoms with E-state index in [9.17, 15) is 8.42 Å². The second kappa shape index (κ2) is 8.33. The van der Waals surface area contributed by atoms with Crippen molar-refractivity contribution in [2.45, 2.75) is 30.6 Å². The van der Waals surface area contributed by atoms with E-state index in [-0.39, 0.29) is 4.90 Å². The molecule has 29 heavy (non-hydrogen) atoms. The quantitative estimate of drug-likeness (QED) is 0.651. The van der Waals surface area contributed by atoms with Crippen LogP contribution in [0.4, 0.5) is 0 Å². The van der Waals surface area contributed by atoms with Gasteiger partial charge in [-0.25, -0.2) is 13.1 Å². The Balaban J connectivity index is 1.62. The minimum absolute atomic E-state index is 0.247. The Hall–Kier alpha value is -2.73. The van der Waals surface area contributed by atoms with E-state index >= 15 is 0 Å². The zero-order valence-electron chi connectivity index (χ0n) is 16.2. The highest BCUT2D eigenvalue weighted by Crippen LogP contribution is 2.31. The first-order chi connectivity index (χ1) is 14.0. The maximum atomic E-state index is 13.1. The Morgan fingerprint density at radius 3 is 2.34 bits per heavy atom. The van der Waals surface area contributed by atoms with Crippen LogP contribution >= 0.6 is 0 Å². The summed E-state index contributed by atoms with van der Waals surface area (Å²) in [5, 5.41) is 0. The zero-order chi connectivity index (χ0) is 20.3. The van der Waals surface area contributed by atoms with Crippen molar-refractivity contribution in [1.82, 2.24) is 4.72 Å². The van der Waals surface area contributed by atoms with Gasteiger partial charge in [0.05, 0.1) is 23.6 Å². The van der Waals surface area contributed by atoms with Gasteiger partial charge in [0, 0.05) is 0 Å². The smallest absolute Gasteiger partial charge is 0.241 e. The first-order valence-electron chi connectivity index (χ1n) is 9.54. The van der Waals surface area contributed by atoms with Gasteiger partial charge in [-0.3, -0.25) is 0 Å². The summed E-state index contributed by atoms with van der Waals surface area (Å²) in [7, 11) is -3.70. The van der Waals surface area contributed by atoms with Crippen LogP contribution in [-0.2, 0) is 21.4 Å². The van der Waals surface area contributed by atoms with Gasteiger partial charge in [0.1, 0.15) is 0 Å². The molecule has 0 aromatic heterocycles. The minimum Gasteiger partial charge on any atom is -0.367 e. The lowest BCUT2D eigenvalue weighted by molar-refractivity contribution is 0.0505. The lowest BCUT2D eigenvalue weighted by Crippen LogP contribution is -2.38. The van der Waals surface area contributed by atoms with Crippen LogP contribution in [-0.4, -0.2) is 14.5 Å². The van der Waals surface area contributed by atoms with Crippen molar-refractivity contribution in [2.24, 2.45) is 0 Å². The SMILES string of the molecule is Cc1ccc(S(=O)(=O)N[C@@H]2c3ccccc3C=C[C@H]2OCc2ccccc2)cc1. The highest BCUT2D eigenvalue weighted by atomic mass is 32.2. The van der Waals surface area contributed by atoms with E-state index in [0.717, 1.165) is 22.3 Å². The van der Waals surface area contributed by atoms with Crippen molar-refractivity contribution >= 4 is 16.1 Å². The normalized spacial score (nSPS) is 18.4. The van der Waals surface area contributed by atoms with Crippen LogP contribution in [0.1, 0.15) is 28.3 Å². The average Bonchev–Trinajstić information content (AvgIpc) is 2.74. The number of ether oxygens (including phenoxy) is 1. The van der Waals surface area contributed by atoms with Crippen LogP contribution in [0.5, 0.6) is 0 Å². The number of hydrogen-bond acceptors (Lipinski definition) is 3. The molecular formula is C24H23NO3S. The summed E-state index contributed by atoms with van der Waals surface area (Å²) in [5.41, 5.74) is 3.95. The van der Waals surface area contributed by atoms with Gasteiger partial charge in [0.25, 0.3) is 0 Å². The van der Waals surface area contributed by atoms with Crippen molar-refractivity contribution in [3.63, 3.8) is 0 Å². The molecule has 0 bridgehead atoms. The molecule has 3 aromatic carbocycles. The summed E-state index contributed by atoms with van der Waals surface area (Å²) in [6, 6.07) is 24.0. The van der Waals surface area contributed by atoms with Crippen LogP contribution in [0.2, 0.25) is 0 Å². The van der Waals surface area contributed by atoms with Gasteiger partial charge in [-0.05, 0) is 35.7 Å². The fraction of sp³-hybridized carbons (Fsp3) is 0.167. The number of sulfonamides is 1. The van der Waals surface area contributed by atoms with Crippen LogP contribution in [0.3, 0.4) is 0 Å². The van der Waals surface area contributed by atoms with E-state index in [4.69, 9.17) is 4.74 Å². The van der Waals surface area contributed by atoms with Crippen molar-refractivity contribution < 1.29 is 13.2 Å². The van der Waals surface area contributed by atoms with Crippen molar-refractivity contribution in [1.29, 1.82) is 0 Å². The van der Waals surface area contributed by atoms with Gasteiger partial charge in [-0.1, -0.05) is 84.4 Å². The van der Waals surface area contributed by atoms with Gasteiger partial charge in [-0.15, -0.1) is 0 Å². The maximum Gasteiger partial charge on any atom is 0.241 e. The molecule has 0 saturated carbocycles. The molecule has 3 aromatic rings. The summed E-state index contributed by atoms with van der Waals surface area (Å²) >= 11 is 0. The van der Waals surface area contributed by atoms with Gasteiger partial charge in [-0.2, -0.15) is 0 Å². The third-order valence-electron chi connectivity index (χ3n) is 5.02. The summed E-state index contributed by atoms with van der Waals surface area (Å²) in [5.74, 6) is 0. The van der Waals surface area contributed by atoms with Crippen molar-refractivity contribution in [2.75, 3.05) is 0 Å². The van der Waals surface area contributed by atoms with Crippen molar-refractivity contribution in [3.05, 3.63) is 107 Å². The monoisotopic (exact) mass is 405 g/mol. The molecule has 2 atom stereocenters. The first kappa shape index (κ1) is 19.6. The number of benzene rings is 3. The molecule has 4 nitrogen and oxygen atoms in total. The Labute approximate surface area is 171 Å². The number of fused-ring (bicyclic) bond motifs is 1. The van der Waals surface area contributed by atoms with Gasteiger partial charge in [0.2, 0.25) is 10.0 Å². The Bertz CT molecular complexity index is 1110. The third-order valence-corrected chi connectivity index (χ3v) is 6.48. The molecule has 0 saturated heterocycles. The molecule has 1 aliphatic carbocycles. The molecular weight excluding hydrogens is 382 g/mol. The predicted octanol–water partition coefficient (Wildman–Crippen LogP) is 4.63. The molecule has 0 aliphatic heterocycles. The topological polar surface area (TPSA) is 55.4 Å². The highest BCUT2D eigenvalue weighted by Gasteiger charge is 2.31. The number of aryl methyl sites for hydroxylation is 1. The van der Waals surface area contributed by atoms with Crippen LogP contribution in [0, 0.1) is 6.92 Å². The van der Waals surface area contributed by atoms with E-state index in [0.29, 0.717) is 6.61 Å². The van der Waals surface area contributed by atoms with Crippen LogP contribution in [0.15, 0.2) is 89.8 Å². The Morgan fingerprint density at radius 2 is 1.59 bits per heavy atom. The number of hydrogen-bond donors (Lipinski definition) is 1. The third kappa shape index (κ3) is 4.48. The number of nitrogens with one attached hydrogen (secondary N) is 1. The van der Waals surface area contributed by atoms with E-state index in [2.05, 4.69) is 4.72 Å². The van der Waals surface area contributed by atoms with E-state index in [1.165, 1.54) is 0 Å². The first-order valence-corrected chi connectivity index (χ1v) is 11.0. The second-order valence-corrected chi connectivity index (χ2v) is 8.88. The zero-order valence-corrected chi connectivity index (χ0v) is 17.0. The molecule has 1 aliphatic rings. The summed E-state index contributed by atoms with van der Waals surface area (Å²) in [6.07, 6.45) is 3.50. The molecule has 148 valence electrons. The summed E-state index contributed by atoms with van der Waals surface area (Å²) in [6.45, 7) is 2.33. The summed E-state index contributed by atoms with van der Waals surface area (Å²) in [4.78, 5) is 0.247. The summed E-state index contributed by atoms with van der Waals surface area (Å²) < 4.78 is 35.1. The fourth-order valence-corrected chi connectivity index (χ4v) is 4.66. The van der Waals surface area contributed by atoms with Crippen molar-refractivity contribution in [3.8, 4) is 0 Å². The predicted molar refractivity (Wildman–Crippen MR) is 115 cm³/mol. The fourth-order valence-electron chi connectivity index (χ4n) is 3.43. The maximum absolute atomic E-state index is 13.1. The lowest BCUT2D eigenvalue weighted by atomic mass is 9.91. The largest absolute Gasteiger partial charge is 0.367 e. The van der Waals surface area contributed by atoms with Crippen LogP contribution in [0.25, 0.3) is 6.08 Å². The Kier molecular flexibility index (Phi) is 5.62. The number of rotatable bonds is 6. The highest BCUT2D eigenvalue weighted by molar-refractivity contribution is 7.89. The van der Waals surface area contributed by atoms with E-state index < -0.39 is 22.2 Å². The van der Waals surface area contributed by atoms with Gasteiger partial charge in [0.15, 0.2) is 0 Å². The standard InChI is InChI=1S/C24H23NO3S/c1-18-11-14-21(15-12-18)29(26,27)25-24-22-10-6-5-9-20(22)13-16-23(24)28-17-19-7-3-2-4-8-19/h2-16,23-25H,17H2,1H3/t23-,24-/m1/s1. The molecule has 0 spiro atoms. The minimum atomic E-state index is -3.70. The lowest BCUT2D eigenvalue weighted by Gasteiger charge is -2.30. The molecule has 0 heterocycles. The molecule has 0 fully saturated rings. The molecule has 4 rings (SSSR count). The van der Waals surface area contributed by atoms with E-state index in [1.54, 1.807) is 24.3 Å². The average molecular weight is 406 g/mol. The molecule has 1 N–H and O–H groups in total. The molecule has 0 amide bonds. The molecule has 0 unspecified atom stereocenters. The second-order valence-electron chi connectivity index (χ2n) is 7.16. The van der Waals surface area contributed by atoms with Crippen LogP contribution < -0.4 is 4.72 Å². The van der Waals surface area contributed by atoms with Gasteiger partial charge < -0.3 is 4.74 Å². The van der Waals surface area contributed by atoms with Gasteiger partial charge >= 0.3 is 0 Å². The Morgan fingerprint density at radius 1 is 0.897 bits per heavy atom.